The normalized spacial score (nSPS) is 21.4. The number of nitrogens with zero attached hydrogens (tertiary/aromatic N) is 2. The second-order valence-electron chi connectivity index (χ2n) is 8.61. The first kappa shape index (κ1) is 23.3. The number of halogens is 1. The molecule has 0 spiro atoms. The maximum absolute atomic E-state index is 13.7. The van der Waals surface area contributed by atoms with Gasteiger partial charge in [0.2, 0.25) is 5.91 Å². The van der Waals surface area contributed by atoms with E-state index < -0.39 is 23.9 Å². The smallest absolute Gasteiger partial charge is 0.268 e. The lowest BCUT2D eigenvalue weighted by Gasteiger charge is -2.25. The summed E-state index contributed by atoms with van der Waals surface area (Å²) in [5.41, 5.74) is 5.97. The van der Waals surface area contributed by atoms with Crippen molar-refractivity contribution in [3.05, 3.63) is 94.0 Å². The summed E-state index contributed by atoms with van der Waals surface area (Å²) in [7, 11) is 0. The molecule has 178 valence electrons. The Morgan fingerprint density at radius 2 is 1.71 bits per heavy atom. The van der Waals surface area contributed by atoms with Gasteiger partial charge in [-0.05, 0) is 61.9 Å². The van der Waals surface area contributed by atoms with Gasteiger partial charge in [-0.15, -0.1) is 0 Å². The first-order valence-corrected chi connectivity index (χ1v) is 12.2. The first-order chi connectivity index (χ1) is 16.9. The van der Waals surface area contributed by atoms with Crippen molar-refractivity contribution in [3.8, 4) is 5.75 Å². The number of hydrogen-bond donors (Lipinski definition) is 1. The molecule has 0 radical (unpaired) electrons. The summed E-state index contributed by atoms with van der Waals surface area (Å²) in [6.07, 6.45) is 0. The predicted molar refractivity (Wildman–Crippen MR) is 135 cm³/mol. The van der Waals surface area contributed by atoms with Crippen LogP contribution in [0.4, 0.5) is 5.69 Å². The van der Waals surface area contributed by atoms with Gasteiger partial charge in [-0.2, -0.15) is 0 Å². The van der Waals surface area contributed by atoms with Crippen molar-refractivity contribution < 1.29 is 19.1 Å². The van der Waals surface area contributed by atoms with Gasteiger partial charge in [-0.1, -0.05) is 51.8 Å². The third-order valence-electron chi connectivity index (χ3n) is 6.37. The van der Waals surface area contributed by atoms with Gasteiger partial charge in [-0.25, -0.2) is 10.3 Å². The molecule has 3 amide bonds. The number of imide groups is 1. The van der Waals surface area contributed by atoms with E-state index in [2.05, 4.69) is 21.4 Å². The summed E-state index contributed by atoms with van der Waals surface area (Å²) in [5, 5.41) is 1.33. The monoisotopic (exact) mass is 533 g/mol. The fraction of sp³-hybridized carbons (Fsp3) is 0.222. The van der Waals surface area contributed by atoms with Gasteiger partial charge in [0.15, 0.2) is 0 Å². The van der Waals surface area contributed by atoms with Crippen LogP contribution in [0.2, 0.25) is 0 Å². The van der Waals surface area contributed by atoms with E-state index in [4.69, 9.17) is 4.74 Å². The number of benzene rings is 3. The zero-order valence-corrected chi connectivity index (χ0v) is 20.9. The van der Waals surface area contributed by atoms with Gasteiger partial charge in [-0.3, -0.25) is 19.4 Å². The Bertz CT molecular complexity index is 1290. The SMILES string of the molecule is CCOc1ccc(N2C(=O)C3C(c4ccc(C)cc4)NN(C(=O)c4cccc(Br)c4)C3C2=O)cc1. The minimum absolute atomic E-state index is 0.341. The molecule has 2 aliphatic rings. The molecule has 3 atom stereocenters. The molecule has 0 aromatic heterocycles. The second-order valence-corrected chi connectivity index (χ2v) is 9.53. The predicted octanol–water partition coefficient (Wildman–Crippen LogP) is 4.42. The average molecular weight is 534 g/mol. The Labute approximate surface area is 211 Å². The minimum Gasteiger partial charge on any atom is -0.494 e. The van der Waals surface area contributed by atoms with E-state index in [0.29, 0.717) is 23.6 Å². The van der Waals surface area contributed by atoms with Crippen molar-refractivity contribution in [1.29, 1.82) is 0 Å². The van der Waals surface area contributed by atoms with Gasteiger partial charge in [0, 0.05) is 10.0 Å². The lowest BCUT2D eigenvalue weighted by Crippen LogP contribution is -2.48. The third kappa shape index (κ3) is 4.13. The Kier molecular flexibility index (Phi) is 6.17. The highest BCUT2D eigenvalue weighted by molar-refractivity contribution is 9.10. The lowest BCUT2D eigenvalue weighted by molar-refractivity contribution is -0.123. The summed E-state index contributed by atoms with van der Waals surface area (Å²) in [4.78, 5) is 42.1. The molecule has 2 heterocycles. The van der Waals surface area contributed by atoms with Crippen molar-refractivity contribution >= 4 is 39.3 Å². The van der Waals surface area contributed by atoms with Crippen LogP contribution >= 0.6 is 15.9 Å². The number of amides is 3. The van der Waals surface area contributed by atoms with Crippen molar-refractivity contribution in [3.63, 3.8) is 0 Å². The van der Waals surface area contributed by atoms with Crippen LogP contribution in [0.5, 0.6) is 5.75 Å². The number of carbonyl (C=O) groups excluding carboxylic acids is 3. The molecule has 2 aliphatic heterocycles. The fourth-order valence-electron chi connectivity index (χ4n) is 4.70. The summed E-state index contributed by atoms with van der Waals surface area (Å²) >= 11 is 3.40. The molecule has 3 unspecified atom stereocenters. The Hall–Kier alpha value is -3.49. The molecule has 35 heavy (non-hydrogen) atoms. The van der Waals surface area contributed by atoms with Gasteiger partial charge in [0.1, 0.15) is 11.8 Å². The zero-order chi connectivity index (χ0) is 24.7. The van der Waals surface area contributed by atoms with Gasteiger partial charge >= 0.3 is 0 Å². The van der Waals surface area contributed by atoms with E-state index in [1.54, 1.807) is 42.5 Å². The first-order valence-electron chi connectivity index (χ1n) is 11.4. The van der Waals surface area contributed by atoms with Crippen LogP contribution in [0.3, 0.4) is 0 Å². The number of anilines is 1. The lowest BCUT2D eigenvalue weighted by atomic mass is 9.90. The van der Waals surface area contributed by atoms with Crippen molar-refractivity contribution in [1.82, 2.24) is 10.4 Å². The maximum Gasteiger partial charge on any atom is 0.268 e. The number of nitrogens with one attached hydrogen (secondary N) is 1. The van der Waals surface area contributed by atoms with E-state index in [1.165, 1.54) is 9.91 Å². The number of rotatable bonds is 5. The average Bonchev–Trinajstić information content (AvgIpc) is 3.37. The number of aryl methyl sites for hydroxylation is 1. The number of hydrogen-bond acceptors (Lipinski definition) is 5. The number of ether oxygens (including phenoxy) is 1. The largest absolute Gasteiger partial charge is 0.494 e. The molecule has 2 saturated heterocycles. The van der Waals surface area contributed by atoms with Crippen LogP contribution < -0.4 is 15.1 Å². The molecule has 5 rings (SSSR count). The van der Waals surface area contributed by atoms with Crippen LogP contribution in [-0.2, 0) is 9.59 Å². The molecule has 2 fully saturated rings. The van der Waals surface area contributed by atoms with Crippen molar-refractivity contribution in [2.45, 2.75) is 25.9 Å². The molecular weight excluding hydrogens is 510 g/mol. The van der Waals surface area contributed by atoms with E-state index in [0.717, 1.165) is 15.6 Å². The Morgan fingerprint density at radius 1 is 1.00 bits per heavy atom. The van der Waals surface area contributed by atoms with Gasteiger partial charge in [0.05, 0.1) is 24.3 Å². The van der Waals surface area contributed by atoms with Gasteiger partial charge in [0.25, 0.3) is 11.8 Å². The van der Waals surface area contributed by atoms with Crippen LogP contribution in [0.1, 0.15) is 34.5 Å². The van der Waals surface area contributed by atoms with Crippen LogP contribution in [0.15, 0.2) is 77.3 Å². The molecule has 7 nitrogen and oxygen atoms in total. The highest BCUT2D eigenvalue weighted by Gasteiger charge is 2.60. The molecule has 1 N–H and O–H groups in total. The minimum atomic E-state index is -0.966. The topological polar surface area (TPSA) is 79.0 Å². The van der Waals surface area contributed by atoms with Crippen LogP contribution in [0, 0.1) is 12.8 Å². The standard InChI is InChI=1S/C27H24BrN3O4/c1-3-35-21-13-11-20(12-14-21)30-26(33)22-23(17-9-7-16(2)8-10-17)29-31(24(22)27(30)34)25(32)18-5-4-6-19(28)15-18/h4-15,22-24,29H,3H2,1-2H3. The Balaban J connectivity index is 1.54. The summed E-state index contributed by atoms with van der Waals surface area (Å²) < 4.78 is 6.24. The molecule has 3 aromatic carbocycles. The summed E-state index contributed by atoms with van der Waals surface area (Å²) in [5.74, 6) is -1.25. The van der Waals surface area contributed by atoms with E-state index >= 15 is 0 Å². The van der Waals surface area contributed by atoms with Crippen molar-refractivity contribution in [2.75, 3.05) is 11.5 Å². The molecule has 3 aromatic rings. The molecule has 0 bridgehead atoms. The number of hydrazine groups is 1. The van der Waals surface area contributed by atoms with E-state index in [9.17, 15) is 14.4 Å². The molecular formula is C27H24BrN3O4. The highest BCUT2D eigenvalue weighted by Crippen LogP contribution is 2.42. The number of carbonyl (C=O) groups is 3. The quantitative estimate of drug-likeness (QED) is 0.491. The maximum atomic E-state index is 13.7. The molecule has 8 heteroatoms. The Morgan fingerprint density at radius 3 is 2.37 bits per heavy atom. The second kappa shape index (κ2) is 9.28. The van der Waals surface area contributed by atoms with E-state index in [-0.39, 0.29) is 11.8 Å². The highest BCUT2D eigenvalue weighted by atomic mass is 79.9. The zero-order valence-electron chi connectivity index (χ0n) is 19.3. The molecule has 0 saturated carbocycles. The number of fused-ring (bicyclic) bond motifs is 1. The van der Waals surface area contributed by atoms with E-state index in [1.807, 2.05) is 44.2 Å². The fourth-order valence-corrected chi connectivity index (χ4v) is 5.10. The van der Waals surface area contributed by atoms with Gasteiger partial charge < -0.3 is 4.74 Å². The summed E-state index contributed by atoms with van der Waals surface area (Å²) in [6.45, 7) is 4.38. The summed E-state index contributed by atoms with van der Waals surface area (Å²) in [6, 6.07) is 20.1. The third-order valence-corrected chi connectivity index (χ3v) is 6.86. The van der Waals surface area contributed by atoms with Crippen molar-refractivity contribution in [2.24, 2.45) is 5.92 Å². The van der Waals surface area contributed by atoms with Crippen LogP contribution in [0.25, 0.3) is 0 Å². The molecule has 0 aliphatic carbocycles. The van der Waals surface area contributed by atoms with Crippen LogP contribution in [-0.4, -0.2) is 35.4 Å².